The summed E-state index contributed by atoms with van der Waals surface area (Å²) in [6.45, 7) is 3.27. The first-order valence-corrected chi connectivity index (χ1v) is 8.39. The summed E-state index contributed by atoms with van der Waals surface area (Å²) in [7, 11) is 0. The molecular formula is C18H18BrNO3. The molecule has 0 spiro atoms. The molecule has 5 heteroatoms. The van der Waals surface area contributed by atoms with Gasteiger partial charge in [-0.3, -0.25) is 4.79 Å². The molecule has 1 atom stereocenters. The second kappa shape index (κ2) is 7.04. The predicted octanol–water partition coefficient (Wildman–Crippen LogP) is 4.10. The molecule has 3 rings (SSSR count). The molecule has 0 saturated heterocycles. The highest BCUT2D eigenvalue weighted by Gasteiger charge is 2.16. The Morgan fingerprint density at radius 3 is 2.65 bits per heavy atom. The predicted molar refractivity (Wildman–Crippen MR) is 92.1 cm³/mol. The van der Waals surface area contributed by atoms with Gasteiger partial charge in [-0.1, -0.05) is 18.2 Å². The summed E-state index contributed by atoms with van der Waals surface area (Å²) >= 11 is 3.40. The number of benzene rings is 2. The normalized spacial score (nSPS) is 14.7. The average molecular weight is 376 g/mol. The van der Waals surface area contributed by atoms with Gasteiger partial charge in [-0.15, -0.1) is 0 Å². The number of amides is 1. The Morgan fingerprint density at radius 2 is 1.87 bits per heavy atom. The van der Waals surface area contributed by atoms with Gasteiger partial charge in [0, 0.05) is 10.9 Å². The van der Waals surface area contributed by atoms with Crippen molar-refractivity contribution >= 4 is 21.8 Å². The van der Waals surface area contributed by atoms with E-state index in [0.717, 1.165) is 28.0 Å². The Labute approximate surface area is 143 Å². The van der Waals surface area contributed by atoms with Crippen molar-refractivity contribution in [3.05, 3.63) is 58.1 Å². The van der Waals surface area contributed by atoms with Crippen LogP contribution in [0.1, 0.15) is 35.3 Å². The maximum atomic E-state index is 12.4. The van der Waals surface area contributed by atoms with Gasteiger partial charge in [0.1, 0.15) is 0 Å². The molecule has 1 aliphatic heterocycles. The molecule has 23 heavy (non-hydrogen) atoms. The first kappa shape index (κ1) is 15.9. The Kier molecular flexibility index (Phi) is 4.86. The van der Waals surface area contributed by atoms with Crippen LogP contribution in [0, 0.1) is 0 Å². The fourth-order valence-electron chi connectivity index (χ4n) is 2.45. The van der Waals surface area contributed by atoms with Gasteiger partial charge >= 0.3 is 0 Å². The maximum Gasteiger partial charge on any atom is 0.252 e. The number of hydrogen-bond donors (Lipinski definition) is 1. The lowest BCUT2D eigenvalue weighted by Gasteiger charge is -2.17. The number of carbonyl (C=O) groups excluding carboxylic acids is 1. The lowest BCUT2D eigenvalue weighted by atomic mass is 10.1. The quantitative estimate of drug-likeness (QED) is 0.878. The summed E-state index contributed by atoms with van der Waals surface area (Å²) in [4.78, 5) is 12.4. The van der Waals surface area contributed by atoms with Crippen molar-refractivity contribution < 1.29 is 14.3 Å². The minimum absolute atomic E-state index is 0.114. The molecule has 0 aliphatic carbocycles. The zero-order valence-corrected chi connectivity index (χ0v) is 14.4. The van der Waals surface area contributed by atoms with Crippen LogP contribution < -0.4 is 14.8 Å². The van der Waals surface area contributed by atoms with E-state index in [9.17, 15) is 4.79 Å². The van der Waals surface area contributed by atoms with Gasteiger partial charge in [0.2, 0.25) is 0 Å². The highest BCUT2D eigenvalue weighted by atomic mass is 79.9. The fourth-order valence-corrected chi connectivity index (χ4v) is 2.92. The van der Waals surface area contributed by atoms with Crippen LogP contribution in [0.4, 0.5) is 0 Å². The Balaban J connectivity index is 1.76. The Hall–Kier alpha value is -2.01. The molecule has 0 fully saturated rings. The van der Waals surface area contributed by atoms with Crippen LogP contribution in [0.3, 0.4) is 0 Å². The van der Waals surface area contributed by atoms with Crippen LogP contribution in [-0.2, 0) is 0 Å². The van der Waals surface area contributed by atoms with Crippen LogP contribution in [0.2, 0.25) is 0 Å². The first-order valence-electron chi connectivity index (χ1n) is 7.60. The molecule has 1 heterocycles. The molecule has 2 aromatic carbocycles. The minimum atomic E-state index is -0.133. The van der Waals surface area contributed by atoms with Crippen LogP contribution in [0.25, 0.3) is 0 Å². The third-order valence-electron chi connectivity index (χ3n) is 3.74. The van der Waals surface area contributed by atoms with Crippen molar-refractivity contribution in [2.45, 2.75) is 19.4 Å². The summed E-state index contributed by atoms with van der Waals surface area (Å²) in [5.41, 5.74) is 1.60. The van der Waals surface area contributed by atoms with Gasteiger partial charge in [0.05, 0.1) is 24.8 Å². The zero-order chi connectivity index (χ0) is 16.2. The molecule has 1 aliphatic rings. The average Bonchev–Trinajstić information content (AvgIpc) is 2.79. The van der Waals surface area contributed by atoms with Crippen molar-refractivity contribution in [2.24, 2.45) is 0 Å². The van der Waals surface area contributed by atoms with Crippen molar-refractivity contribution in [3.8, 4) is 11.5 Å². The van der Waals surface area contributed by atoms with E-state index in [-0.39, 0.29) is 11.9 Å². The van der Waals surface area contributed by atoms with Gasteiger partial charge in [0.25, 0.3) is 5.91 Å². The van der Waals surface area contributed by atoms with E-state index >= 15 is 0 Å². The number of halogens is 1. The van der Waals surface area contributed by atoms with E-state index in [2.05, 4.69) is 21.2 Å². The highest BCUT2D eigenvalue weighted by molar-refractivity contribution is 9.10. The van der Waals surface area contributed by atoms with E-state index in [0.29, 0.717) is 18.8 Å². The number of rotatable bonds is 3. The van der Waals surface area contributed by atoms with E-state index in [4.69, 9.17) is 9.47 Å². The lowest BCUT2D eigenvalue weighted by molar-refractivity contribution is 0.0939. The van der Waals surface area contributed by atoms with Gasteiger partial charge in [0.15, 0.2) is 11.5 Å². The summed E-state index contributed by atoms with van der Waals surface area (Å²) < 4.78 is 12.1. The van der Waals surface area contributed by atoms with Crippen molar-refractivity contribution in [1.29, 1.82) is 0 Å². The number of nitrogens with one attached hydrogen (secondary N) is 1. The number of carbonyl (C=O) groups is 1. The van der Waals surface area contributed by atoms with Gasteiger partial charge < -0.3 is 14.8 Å². The van der Waals surface area contributed by atoms with Gasteiger partial charge in [-0.25, -0.2) is 0 Å². The molecule has 2 aromatic rings. The van der Waals surface area contributed by atoms with Crippen molar-refractivity contribution in [3.63, 3.8) is 0 Å². The SMILES string of the molecule is CC(NC(=O)c1ccccc1Br)c1ccc2c(c1)OCCCO2. The standard InChI is InChI=1S/C18H18BrNO3/c1-12(20-18(21)14-5-2-3-6-15(14)19)13-7-8-16-17(11-13)23-10-4-9-22-16/h2-3,5-8,11-12H,4,9-10H2,1H3,(H,20,21). The van der Waals surface area contributed by atoms with Gasteiger partial charge in [-0.2, -0.15) is 0 Å². The molecule has 1 amide bonds. The monoisotopic (exact) mass is 375 g/mol. The van der Waals surface area contributed by atoms with Crippen LogP contribution in [0.15, 0.2) is 46.9 Å². The van der Waals surface area contributed by atoms with E-state index in [1.807, 2.05) is 43.3 Å². The van der Waals surface area contributed by atoms with E-state index in [1.165, 1.54) is 0 Å². The van der Waals surface area contributed by atoms with E-state index < -0.39 is 0 Å². The highest BCUT2D eigenvalue weighted by Crippen LogP contribution is 2.32. The number of ether oxygens (including phenoxy) is 2. The topological polar surface area (TPSA) is 47.6 Å². The Morgan fingerprint density at radius 1 is 1.13 bits per heavy atom. The molecule has 0 bridgehead atoms. The molecule has 0 saturated carbocycles. The Bertz CT molecular complexity index is 717. The molecule has 4 nitrogen and oxygen atoms in total. The maximum absolute atomic E-state index is 12.4. The second-order valence-corrected chi connectivity index (χ2v) is 6.29. The first-order chi connectivity index (χ1) is 11.1. The molecule has 1 unspecified atom stereocenters. The third-order valence-corrected chi connectivity index (χ3v) is 4.43. The lowest BCUT2D eigenvalue weighted by Crippen LogP contribution is -2.26. The molecule has 1 N–H and O–H groups in total. The molecule has 0 radical (unpaired) electrons. The van der Waals surface area contributed by atoms with Crippen molar-refractivity contribution in [1.82, 2.24) is 5.32 Å². The largest absolute Gasteiger partial charge is 0.490 e. The number of hydrogen-bond acceptors (Lipinski definition) is 3. The molecule has 120 valence electrons. The fraction of sp³-hybridized carbons (Fsp3) is 0.278. The van der Waals surface area contributed by atoms with Crippen LogP contribution in [0.5, 0.6) is 11.5 Å². The van der Waals surface area contributed by atoms with E-state index in [1.54, 1.807) is 6.07 Å². The zero-order valence-electron chi connectivity index (χ0n) is 12.8. The third kappa shape index (κ3) is 3.67. The number of fused-ring (bicyclic) bond motifs is 1. The smallest absolute Gasteiger partial charge is 0.252 e. The van der Waals surface area contributed by atoms with Crippen LogP contribution in [-0.4, -0.2) is 19.1 Å². The van der Waals surface area contributed by atoms with Gasteiger partial charge in [-0.05, 0) is 52.7 Å². The summed E-state index contributed by atoms with van der Waals surface area (Å²) in [5, 5.41) is 3.01. The summed E-state index contributed by atoms with van der Waals surface area (Å²) in [6.07, 6.45) is 0.873. The van der Waals surface area contributed by atoms with Crippen molar-refractivity contribution in [2.75, 3.05) is 13.2 Å². The van der Waals surface area contributed by atoms with Crippen LogP contribution >= 0.6 is 15.9 Å². The minimum Gasteiger partial charge on any atom is -0.490 e. The summed E-state index contributed by atoms with van der Waals surface area (Å²) in [5.74, 6) is 1.38. The molecular weight excluding hydrogens is 358 g/mol. The molecule has 0 aromatic heterocycles. The summed E-state index contributed by atoms with van der Waals surface area (Å²) in [6, 6.07) is 13.0. The second-order valence-electron chi connectivity index (χ2n) is 5.43.